The van der Waals surface area contributed by atoms with Crippen LogP contribution in [0.1, 0.15) is 91.2 Å². The Labute approximate surface area is 228 Å². The third-order valence-electron chi connectivity index (χ3n) is 7.67. The molecule has 9 heteroatoms. The summed E-state index contributed by atoms with van der Waals surface area (Å²) in [4.78, 5) is 23.7. The van der Waals surface area contributed by atoms with E-state index in [1.54, 1.807) is 0 Å². The van der Waals surface area contributed by atoms with Gasteiger partial charge in [-0.1, -0.05) is 30.0 Å². The lowest BCUT2D eigenvalue weighted by Crippen LogP contribution is -2.54. The number of thiophene rings is 1. The zero-order valence-corrected chi connectivity index (χ0v) is 23.5. The van der Waals surface area contributed by atoms with Crippen LogP contribution in [0.4, 0.5) is 0 Å². The molecule has 1 aliphatic heterocycles. The highest BCUT2D eigenvalue weighted by Crippen LogP contribution is 2.44. The molecule has 0 spiro atoms. The van der Waals surface area contributed by atoms with Crippen molar-refractivity contribution in [1.29, 1.82) is 5.26 Å². The summed E-state index contributed by atoms with van der Waals surface area (Å²) in [6, 6.07) is 3.08. The van der Waals surface area contributed by atoms with Gasteiger partial charge in [0.15, 0.2) is 18.3 Å². The first-order valence-electron chi connectivity index (χ1n) is 13.2. The summed E-state index contributed by atoms with van der Waals surface area (Å²) in [6.07, 6.45) is 14.1. The highest BCUT2D eigenvalue weighted by atomic mass is 32.2. The zero-order valence-electron chi connectivity index (χ0n) is 21.8. The van der Waals surface area contributed by atoms with Crippen molar-refractivity contribution >= 4 is 35.9 Å². The van der Waals surface area contributed by atoms with E-state index in [1.165, 1.54) is 16.9 Å². The predicted molar refractivity (Wildman–Crippen MR) is 150 cm³/mol. The summed E-state index contributed by atoms with van der Waals surface area (Å²) in [5, 5.41) is 13.8. The van der Waals surface area contributed by atoms with Gasteiger partial charge in [-0.25, -0.2) is 4.31 Å². The van der Waals surface area contributed by atoms with Crippen LogP contribution in [-0.4, -0.2) is 53.4 Å². The van der Waals surface area contributed by atoms with Gasteiger partial charge in [-0.15, -0.1) is 11.3 Å². The molecular weight excluding hydrogens is 504 g/mol. The summed E-state index contributed by atoms with van der Waals surface area (Å²) in [6.45, 7) is 5.57. The van der Waals surface area contributed by atoms with Crippen molar-refractivity contribution in [1.82, 2.24) is 9.62 Å². The van der Waals surface area contributed by atoms with Crippen molar-refractivity contribution < 1.29 is 14.3 Å². The molecule has 4 rings (SSSR count). The van der Waals surface area contributed by atoms with Crippen LogP contribution in [0, 0.1) is 11.3 Å². The average Bonchev–Trinajstić information content (AvgIpc) is 3.24. The number of nitrogens with one attached hydrogen (secondary N) is 1. The molecule has 0 bridgehead atoms. The number of ether oxygens (including phenoxy) is 1. The molecule has 200 valence electrons. The lowest BCUT2D eigenvalue weighted by Gasteiger charge is -2.46. The number of hydrogen-bond acceptors (Lipinski definition) is 9. The fourth-order valence-corrected chi connectivity index (χ4v) is 8.29. The van der Waals surface area contributed by atoms with E-state index < -0.39 is 0 Å². The van der Waals surface area contributed by atoms with Crippen LogP contribution in [0.3, 0.4) is 0 Å². The molecule has 3 unspecified atom stereocenters. The van der Waals surface area contributed by atoms with Crippen molar-refractivity contribution in [2.45, 2.75) is 88.8 Å². The maximum atomic E-state index is 11.6. The van der Waals surface area contributed by atoms with Crippen molar-refractivity contribution in [2.24, 2.45) is 5.73 Å². The molecule has 3 N–H and O–H groups in total. The smallest absolute Gasteiger partial charge is 0.163 e. The van der Waals surface area contributed by atoms with Crippen molar-refractivity contribution in [3.63, 3.8) is 0 Å². The fraction of sp³-hybridized carbons (Fsp3) is 0.607. The Hall–Kier alpha value is -2.12. The van der Waals surface area contributed by atoms with E-state index in [2.05, 4.69) is 41.7 Å². The molecular formula is C28H38N4O3S2. The first-order chi connectivity index (χ1) is 17.8. The average molecular weight is 543 g/mol. The normalized spacial score (nSPS) is 26.0. The number of aldehydes is 2. The molecule has 2 fully saturated rings. The number of nitrogens with zero attached hydrogens (tertiary/aromatic N) is 2. The summed E-state index contributed by atoms with van der Waals surface area (Å²) in [5.74, 6) is 1.49. The van der Waals surface area contributed by atoms with Crippen LogP contribution in [0.2, 0.25) is 0 Å². The summed E-state index contributed by atoms with van der Waals surface area (Å²) in [7, 11) is 0. The standard InChI is InChI=1S/C28H38N4O3S2/c1-28(2)15-23(9-10-32(28)36-18-19-5-3-7-21(30)13-19)31-22-8-4-6-20(14-22)27-24(16-29)26(35-12-11-33)25(17-34)37-27/h7,11,13,17,20,22-23,31H,3-6,8-10,12,14-15,18,30H2,1-2H3. The molecule has 2 aliphatic carbocycles. The van der Waals surface area contributed by atoms with Gasteiger partial charge in [0.1, 0.15) is 23.1 Å². The summed E-state index contributed by atoms with van der Waals surface area (Å²) < 4.78 is 8.02. The van der Waals surface area contributed by atoms with Crippen LogP contribution >= 0.6 is 23.3 Å². The van der Waals surface area contributed by atoms with Crippen LogP contribution in [0.5, 0.6) is 5.75 Å². The van der Waals surface area contributed by atoms with Gasteiger partial charge >= 0.3 is 0 Å². The Kier molecular flexibility index (Phi) is 9.51. The number of nitriles is 1. The highest BCUT2D eigenvalue weighted by molar-refractivity contribution is 7.97. The van der Waals surface area contributed by atoms with Crippen LogP contribution in [-0.2, 0) is 4.79 Å². The molecule has 0 radical (unpaired) electrons. The number of carbonyl (C=O) groups excluding carboxylic acids is 2. The molecule has 0 aromatic carbocycles. The van der Waals surface area contributed by atoms with Crippen molar-refractivity contribution in [3.8, 4) is 11.8 Å². The Morgan fingerprint density at radius 2 is 2.16 bits per heavy atom. The van der Waals surface area contributed by atoms with Gasteiger partial charge in [0.2, 0.25) is 0 Å². The Morgan fingerprint density at radius 1 is 1.32 bits per heavy atom. The van der Waals surface area contributed by atoms with Crippen molar-refractivity contribution in [3.05, 3.63) is 38.7 Å². The number of rotatable bonds is 10. The number of piperidine rings is 1. The van der Waals surface area contributed by atoms with E-state index in [0.717, 1.165) is 80.5 Å². The summed E-state index contributed by atoms with van der Waals surface area (Å²) in [5.41, 5.74) is 8.84. The van der Waals surface area contributed by atoms with E-state index in [-0.39, 0.29) is 23.8 Å². The van der Waals surface area contributed by atoms with Gasteiger partial charge < -0.3 is 15.8 Å². The van der Waals surface area contributed by atoms with Crippen LogP contribution in [0.15, 0.2) is 23.4 Å². The van der Waals surface area contributed by atoms with Gasteiger partial charge in [0.25, 0.3) is 0 Å². The Bertz CT molecular complexity index is 1090. The first kappa shape index (κ1) is 27.9. The highest BCUT2D eigenvalue weighted by Gasteiger charge is 2.37. The van der Waals surface area contributed by atoms with Gasteiger partial charge in [0.05, 0.1) is 0 Å². The Balaban J connectivity index is 1.35. The second-order valence-corrected chi connectivity index (χ2v) is 13.0. The minimum absolute atomic E-state index is 0.0939. The van der Waals surface area contributed by atoms with Gasteiger partial charge in [-0.05, 0) is 70.8 Å². The largest absolute Gasteiger partial charge is 0.483 e. The molecule has 3 aliphatic rings. The predicted octanol–water partition coefficient (Wildman–Crippen LogP) is 5.08. The van der Waals surface area contributed by atoms with Gasteiger partial charge in [-0.2, -0.15) is 5.26 Å². The second-order valence-electron chi connectivity index (χ2n) is 10.9. The molecule has 1 saturated carbocycles. The van der Waals surface area contributed by atoms with E-state index in [9.17, 15) is 14.9 Å². The quantitative estimate of drug-likeness (QED) is 0.311. The van der Waals surface area contributed by atoms with E-state index in [1.807, 2.05) is 11.9 Å². The topological polar surface area (TPSA) is 108 Å². The third kappa shape index (κ3) is 6.85. The molecule has 7 nitrogen and oxygen atoms in total. The molecule has 37 heavy (non-hydrogen) atoms. The molecule has 0 amide bonds. The van der Waals surface area contributed by atoms with Gasteiger partial charge in [-0.3, -0.25) is 9.59 Å². The number of carbonyl (C=O) groups is 2. The SMILES string of the molecule is CC1(C)CC(NC2CCCC(c3sc(C=O)c(OCC=O)c3C#N)C2)CCN1SCC1=CC(N)=CCC1. The van der Waals surface area contributed by atoms with Crippen molar-refractivity contribution in [2.75, 3.05) is 18.9 Å². The molecule has 3 atom stereocenters. The Morgan fingerprint density at radius 3 is 2.86 bits per heavy atom. The minimum Gasteiger partial charge on any atom is -0.483 e. The molecule has 1 saturated heterocycles. The second kappa shape index (κ2) is 12.6. The number of hydrogen-bond donors (Lipinski definition) is 2. The maximum Gasteiger partial charge on any atom is 0.163 e. The maximum absolute atomic E-state index is 11.6. The number of allylic oxidation sites excluding steroid dienone is 2. The van der Waals surface area contributed by atoms with E-state index >= 15 is 0 Å². The van der Waals surface area contributed by atoms with Crippen LogP contribution < -0.4 is 15.8 Å². The molecule has 1 aromatic rings. The lowest BCUT2D eigenvalue weighted by atomic mass is 9.82. The third-order valence-corrected chi connectivity index (χ3v) is 10.4. The first-order valence-corrected chi connectivity index (χ1v) is 15.0. The van der Waals surface area contributed by atoms with E-state index in [4.69, 9.17) is 10.5 Å². The molecule has 2 heterocycles. The number of nitrogens with two attached hydrogens (primary N) is 1. The minimum atomic E-state index is -0.157. The van der Waals surface area contributed by atoms with E-state index in [0.29, 0.717) is 28.8 Å². The lowest BCUT2D eigenvalue weighted by molar-refractivity contribution is -0.109. The zero-order chi connectivity index (χ0) is 26.4. The molecule has 1 aromatic heterocycles. The van der Waals surface area contributed by atoms with Crippen LogP contribution in [0.25, 0.3) is 0 Å². The summed E-state index contributed by atoms with van der Waals surface area (Å²) >= 11 is 3.29. The monoisotopic (exact) mass is 542 g/mol. The fourth-order valence-electron chi connectivity index (χ4n) is 5.92. The van der Waals surface area contributed by atoms with Gasteiger partial charge in [0, 0.05) is 40.5 Å².